The average Bonchev–Trinajstić information content (AvgIpc) is 2.97. The maximum absolute atomic E-state index is 12.1. The van der Waals surface area contributed by atoms with Crippen molar-refractivity contribution < 1.29 is 34.5 Å². The number of halogens is 6. The normalized spacial score (nSPS) is 10.1. The third-order valence-corrected chi connectivity index (χ3v) is 8.35. The van der Waals surface area contributed by atoms with E-state index in [1.807, 2.05) is 26.0 Å². The molecular weight excluding hydrogens is 737 g/mol. The summed E-state index contributed by atoms with van der Waals surface area (Å²) in [6.45, 7) is 3.75. The molecule has 1 amide bonds. The molecule has 0 fully saturated rings. The molecule has 248 valence electrons. The van der Waals surface area contributed by atoms with E-state index in [1.54, 1.807) is 24.3 Å². The number of aryl methyl sites for hydroxylation is 2. The van der Waals surface area contributed by atoms with Crippen LogP contribution >= 0.6 is 69.6 Å². The number of hydrogen-bond acceptors (Lipinski definition) is 5. The summed E-state index contributed by atoms with van der Waals surface area (Å²) in [5, 5.41) is 30.0. The molecule has 0 spiro atoms. The third kappa shape index (κ3) is 11.8. The van der Waals surface area contributed by atoms with E-state index >= 15 is 0 Å². The molecule has 9 nitrogen and oxygen atoms in total. The molecule has 0 bridgehead atoms. The SMILES string of the molecule is Cc1ccc(CC(=O)Nc2ccc(Cl)c(C(=O)O)c2Cl)cc1Cl.Cc1ccc(CC(=O)O)cc1Cl.Nc1ccc(Cl)c(C(=O)O)c1Cl. The lowest BCUT2D eigenvalue weighted by Crippen LogP contribution is -2.15. The minimum atomic E-state index is -1.26. The van der Waals surface area contributed by atoms with Crippen molar-refractivity contribution in [3.8, 4) is 0 Å². The van der Waals surface area contributed by atoms with Crippen LogP contribution in [0.3, 0.4) is 0 Å². The van der Waals surface area contributed by atoms with Gasteiger partial charge >= 0.3 is 17.9 Å². The Morgan fingerprint density at radius 2 is 1.06 bits per heavy atom. The van der Waals surface area contributed by atoms with E-state index in [0.29, 0.717) is 10.0 Å². The van der Waals surface area contributed by atoms with E-state index in [2.05, 4.69) is 5.32 Å². The molecular formula is C32H26Cl6N2O7. The largest absolute Gasteiger partial charge is 0.481 e. The van der Waals surface area contributed by atoms with Crippen molar-refractivity contribution in [1.29, 1.82) is 0 Å². The molecule has 0 aliphatic heterocycles. The number of aromatic carboxylic acids is 2. The van der Waals surface area contributed by atoms with Crippen molar-refractivity contribution in [3.63, 3.8) is 0 Å². The topological polar surface area (TPSA) is 167 Å². The zero-order chi connectivity index (χ0) is 35.6. The number of rotatable bonds is 7. The number of carbonyl (C=O) groups is 4. The first-order chi connectivity index (χ1) is 21.9. The van der Waals surface area contributed by atoms with Gasteiger partial charge in [-0.15, -0.1) is 0 Å². The minimum Gasteiger partial charge on any atom is -0.481 e. The predicted molar refractivity (Wildman–Crippen MR) is 187 cm³/mol. The van der Waals surface area contributed by atoms with Gasteiger partial charge < -0.3 is 26.4 Å². The van der Waals surface area contributed by atoms with Crippen LogP contribution in [0.1, 0.15) is 43.0 Å². The summed E-state index contributed by atoms with van der Waals surface area (Å²) < 4.78 is 0. The first-order valence-corrected chi connectivity index (χ1v) is 15.4. The monoisotopic (exact) mass is 760 g/mol. The molecule has 4 aromatic rings. The number of amides is 1. The second-order valence-corrected chi connectivity index (χ2v) is 12.1. The maximum atomic E-state index is 12.1. The van der Waals surface area contributed by atoms with Crippen LogP contribution in [0.15, 0.2) is 60.7 Å². The second kappa shape index (κ2) is 18.0. The Kier molecular flexibility index (Phi) is 15.1. The van der Waals surface area contributed by atoms with Crippen molar-refractivity contribution in [3.05, 3.63) is 124 Å². The molecule has 47 heavy (non-hydrogen) atoms. The van der Waals surface area contributed by atoms with Crippen LogP contribution in [-0.2, 0) is 22.4 Å². The summed E-state index contributed by atoms with van der Waals surface area (Å²) in [6, 6.07) is 16.3. The Morgan fingerprint density at radius 3 is 1.49 bits per heavy atom. The number of nitrogens with two attached hydrogens (primary N) is 1. The van der Waals surface area contributed by atoms with Crippen molar-refractivity contribution in [2.45, 2.75) is 26.7 Å². The predicted octanol–water partition coefficient (Wildman–Crippen LogP) is 9.38. The Hall–Kier alpha value is -3.70. The molecule has 0 aliphatic carbocycles. The van der Waals surface area contributed by atoms with Gasteiger partial charge in [0, 0.05) is 10.0 Å². The summed E-state index contributed by atoms with van der Waals surface area (Å²) in [7, 11) is 0. The van der Waals surface area contributed by atoms with E-state index in [0.717, 1.165) is 22.3 Å². The molecule has 0 aliphatic rings. The van der Waals surface area contributed by atoms with E-state index < -0.39 is 17.9 Å². The molecule has 6 N–H and O–H groups in total. The van der Waals surface area contributed by atoms with Crippen molar-refractivity contribution in [2.75, 3.05) is 11.1 Å². The van der Waals surface area contributed by atoms with Crippen LogP contribution in [0.2, 0.25) is 30.1 Å². The van der Waals surface area contributed by atoms with Gasteiger partial charge in [-0.2, -0.15) is 0 Å². The number of carboxylic acids is 3. The molecule has 0 saturated carbocycles. The Bertz CT molecular complexity index is 1830. The van der Waals surface area contributed by atoms with Gasteiger partial charge in [0.25, 0.3) is 0 Å². The van der Waals surface area contributed by atoms with E-state index in [4.69, 9.17) is 90.7 Å². The highest BCUT2D eigenvalue weighted by molar-refractivity contribution is 6.41. The molecule has 0 radical (unpaired) electrons. The molecule has 0 atom stereocenters. The highest BCUT2D eigenvalue weighted by atomic mass is 35.5. The zero-order valence-corrected chi connectivity index (χ0v) is 29.0. The van der Waals surface area contributed by atoms with Gasteiger partial charge in [0.2, 0.25) is 5.91 Å². The smallest absolute Gasteiger partial charge is 0.338 e. The van der Waals surface area contributed by atoms with E-state index in [-0.39, 0.29) is 61.3 Å². The zero-order valence-electron chi connectivity index (χ0n) is 24.5. The van der Waals surface area contributed by atoms with Gasteiger partial charge in [0.15, 0.2) is 0 Å². The standard InChI is InChI=1S/C16H12Cl3NO3.C9H9ClO2.C7H5Cl2NO2/c1-8-2-3-9(6-11(8)18)7-13(21)20-12-5-4-10(17)14(15(12)19)16(22)23;1-6-2-3-7(4-8(6)10)5-9(11)12;8-3-1-2-4(10)6(9)5(3)7(11)12/h2-6H,7H2,1H3,(H,20,21)(H,22,23);2-4H,5H2,1H3,(H,11,12);1-2H,10H2,(H,11,12). The van der Waals surface area contributed by atoms with E-state index in [1.165, 1.54) is 24.3 Å². The van der Waals surface area contributed by atoms with Crippen molar-refractivity contribution in [2.24, 2.45) is 0 Å². The summed E-state index contributed by atoms with van der Waals surface area (Å²) in [6.07, 6.45) is 0.112. The fourth-order valence-corrected chi connectivity index (χ4v) is 5.17. The molecule has 4 rings (SSSR count). The highest BCUT2D eigenvalue weighted by Crippen LogP contribution is 2.32. The first kappa shape index (κ1) is 39.5. The number of carbonyl (C=O) groups excluding carboxylic acids is 1. The molecule has 15 heteroatoms. The van der Waals surface area contributed by atoms with E-state index in [9.17, 15) is 19.2 Å². The van der Waals surface area contributed by atoms with Gasteiger partial charge in [-0.1, -0.05) is 93.9 Å². The highest BCUT2D eigenvalue weighted by Gasteiger charge is 2.18. The molecule has 0 saturated heterocycles. The van der Waals surface area contributed by atoms with Crippen LogP contribution in [0.25, 0.3) is 0 Å². The second-order valence-electron chi connectivity index (χ2n) is 9.68. The average molecular weight is 763 g/mol. The number of nitrogen functional groups attached to an aromatic ring is 1. The number of carboxylic acid groups (broad SMARTS) is 3. The minimum absolute atomic E-state index is 0.00538. The number of nitrogens with one attached hydrogen (secondary N) is 1. The van der Waals surface area contributed by atoms with Crippen LogP contribution in [-0.4, -0.2) is 39.1 Å². The Morgan fingerprint density at radius 1 is 0.617 bits per heavy atom. The summed E-state index contributed by atoms with van der Waals surface area (Å²) in [5.74, 6) is -3.63. The Labute approximate surface area is 299 Å². The van der Waals surface area contributed by atoms with Crippen LogP contribution in [0, 0.1) is 13.8 Å². The molecule has 0 heterocycles. The fraction of sp³-hybridized carbons (Fsp3) is 0.125. The lowest BCUT2D eigenvalue weighted by Gasteiger charge is -2.11. The first-order valence-electron chi connectivity index (χ1n) is 13.1. The number of hydrogen-bond donors (Lipinski definition) is 5. The van der Waals surface area contributed by atoms with Crippen LogP contribution in [0.4, 0.5) is 11.4 Å². The summed E-state index contributed by atoms with van der Waals surface area (Å²) in [5.41, 5.74) is 8.73. The maximum Gasteiger partial charge on any atom is 0.338 e. The third-order valence-electron chi connectivity index (χ3n) is 6.11. The van der Waals surface area contributed by atoms with Crippen molar-refractivity contribution in [1.82, 2.24) is 0 Å². The lowest BCUT2D eigenvalue weighted by atomic mass is 10.1. The number of benzene rings is 4. The fourth-order valence-electron chi connectivity index (χ4n) is 3.66. The Balaban J connectivity index is 0.000000270. The summed E-state index contributed by atoms with van der Waals surface area (Å²) in [4.78, 5) is 44.1. The quantitative estimate of drug-likeness (QED) is 0.116. The van der Waals surface area contributed by atoms with Gasteiger partial charge in [0.1, 0.15) is 0 Å². The van der Waals surface area contributed by atoms with Crippen LogP contribution in [0.5, 0.6) is 0 Å². The summed E-state index contributed by atoms with van der Waals surface area (Å²) >= 11 is 34.8. The van der Waals surface area contributed by atoms with Crippen molar-refractivity contribution >= 4 is 105 Å². The number of anilines is 2. The van der Waals surface area contributed by atoms with Gasteiger partial charge in [-0.25, -0.2) is 9.59 Å². The number of aliphatic carboxylic acids is 1. The van der Waals surface area contributed by atoms with Gasteiger partial charge in [-0.3, -0.25) is 9.59 Å². The molecule has 0 unspecified atom stereocenters. The lowest BCUT2D eigenvalue weighted by molar-refractivity contribution is -0.136. The molecule has 0 aromatic heterocycles. The van der Waals surface area contributed by atoms with Gasteiger partial charge in [0.05, 0.1) is 55.4 Å². The molecule has 4 aromatic carbocycles. The van der Waals surface area contributed by atoms with Crippen LogP contribution < -0.4 is 11.1 Å². The van der Waals surface area contributed by atoms with Gasteiger partial charge in [-0.05, 0) is 72.5 Å².